The Hall–Kier alpha value is -2.64. The van der Waals surface area contributed by atoms with Crippen LogP contribution in [0.3, 0.4) is 0 Å². The van der Waals surface area contributed by atoms with Gasteiger partial charge in [-0.2, -0.15) is 0 Å². The molecule has 0 aliphatic heterocycles. The van der Waals surface area contributed by atoms with Crippen molar-refractivity contribution >= 4 is 23.3 Å². The summed E-state index contributed by atoms with van der Waals surface area (Å²) < 4.78 is 15.4. The zero-order valence-electron chi connectivity index (χ0n) is 14.7. The highest BCUT2D eigenvalue weighted by Crippen LogP contribution is 2.35. The number of ether oxygens (including phenoxy) is 3. The fraction of sp³-hybridized carbons (Fsp3) is 0.278. The number of carbonyl (C=O) groups is 1. The highest BCUT2D eigenvalue weighted by molar-refractivity contribution is 6.32. The molecule has 0 aromatic heterocycles. The maximum Gasteiger partial charge on any atom is 0.319 e. The molecule has 0 radical (unpaired) electrons. The summed E-state index contributed by atoms with van der Waals surface area (Å²) in [5.41, 5.74) is 1.05. The standard InChI is InChI=1S/C18H21ClN2O5/c1-24-12-6-4-11(5-7-12)15(22)10-20-18(23)21-14-8-13(19)16(25-2)9-17(14)26-3/h4-9,15,22H,10H2,1-3H3,(H2,20,21,23)/t15-/m0/s1. The largest absolute Gasteiger partial charge is 0.497 e. The van der Waals surface area contributed by atoms with E-state index in [1.165, 1.54) is 20.3 Å². The lowest BCUT2D eigenvalue weighted by Crippen LogP contribution is -2.32. The second-order valence-corrected chi connectivity index (χ2v) is 5.72. The van der Waals surface area contributed by atoms with Crippen molar-refractivity contribution in [2.45, 2.75) is 6.10 Å². The van der Waals surface area contributed by atoms with E-state index in [1.807, 2.05) is 0 Å². The summed E-state index contributed by atoms with van der Waals surface area (Å²) in [6, 6.07) is 9.54. The second kappa shape index (κ2) is 9.17. The summed E-state index contributed by atoms with van der Waals surface area (Å²) in [4.78, 5) is 12.1. The van der Waals surface area contributed by atoms with Crippen molar-refractivity contribution in [2.24, 2.45) is 0 Å². The molecule has 2 aromatic rings. The Bertz CT molecular complexity index is 752. The maximum absolute atomic E-state index is 12.1. The van der Waals surface area contributed by atoms with E-state index in [1.54, 1.807) is 37.4 Å². The summed E-state index contributed by atoms with van der Waals surface area (Å²) in [6.07, 6.45) is -0.854. The number of carbonyl (C=O) groups excluding carboxylic acids is 1. The van der Waals surface area contributed by atoms with Crippen LogP contribution in [-0.2, 0) is 0 Å². The first kappa shape index (κ1) is 19.7. The quantitative estimate of drug-likeness (QED) is 0.686. The van der Waals surface area contributed by atoms with Gasteiger partial charge in [0.05, 0.1) is 38.1 Å². The number of benzene rings is 2. The Morgan fingerprint density at radius 2 is 1.73 bits per heavy atom. The van der Waals surface area contributed by atoms with Crippen molar-refractivity contribution < 1.29 is 24.1 Å². The number of hydrogen-bond donors (Lipinski definition) is 3. The second-order valence-electron chi connectivity index (χ2n) is 5.31. The van der Waals surface area contributed by atoms with Gasteiger partial charge in [-0.3, -0.25) is 0 Å². The van der Waals surface area contributed by atoms with Gasteiger partial charge >= 0.3 is 6.03 Å². The van der Waals surface area contributed by atoms with E-state index in [-0.39, 0.29) is 6.54 Å². The first-order valence-corrected chi connectivity index (χ1v) is 8.14. The van der Waals surface area contributed by atoms with E-state index in [4.69, 9.17) is 25.8 Å². The number of amides is 2. The van der Waals surface area contributed by atoms with E-state index in [2.05, 4.69) is 10.6 Å². The number of anilines is 1. The lowest BCUT2D eigenvalue weighted by Gasteiger charge is -2.15. The van der Waals surface area contributed by atoms with E-state index < -0.39 is 12.1 Å². The van der Waals surface area contributed by atoms with Crippen LogP contribution < -0.4 is 24.8 Å². The molecule has 0 fully saturated rings. The molecule has 7 nitrogen and oxygen atoms in total. The molecule has 2 aromatic carbocycles. The summed E-state index contributed by atoms with van der Waals surface area (Å²) in [7, 11) is 4.53. The van der Waals surface area contributed by atoms with Gasteiger partial charge in [0.2, 0.25) is 0 Å². The van der Waals surface area contributed by atoms with Gasteiger partial charge in [0.15, 0.2) is 0 Å². The molecule has 2 rings (SSSR count). The average Bonchev–Trinajstić information content (AvgIpc) is 2.66. The summed E-state index contributed by atoms with van der Waals surface area (Å²) in [6.45, 7) is 0.0321. The first-order chi connectivity index (χ1) is 12.5. The SMILES string of the molecule is COc1ccc([C@@H](O)CNC(=O)Nc2cc(Cl)c(OC)cc2OC)cc1. The number of halogens is 1. The third kappa shape index (κ3) is 4.93. The molecule has 0 spiro atoms. The van der Waals surface area contributed by atoms with Crippen LogP contribution in [0, 0.1) is 0 Å². The van der Waals surface area contributed by atoms with Gasteiger partial charge < -0.3 is 30.0 Å². The van der Waals surface area contributed by atoms with Crippen LogP contribution in [0.2, 0.25) is 5.02 Å². The minimum atomic E-state index is -0.854. The Kier molecular flexibility index (Phi) is 6.94. The Morgan fingerprint density at radius 1 is 1.08 bits per heavy atom. The Morgan fingerprint density at radius 3 is 2.31 bits per heavy atom. The smallest absolute Gasteiger partial charge is 0.319 e. The van der Waals surface area contributed by atoms with E-state index in [0.717, 1.165) is 0 Å². The van der Waals surface area contributed by atoms with Crippen LogP contribution in [0.4, 0.5) is 10.5 Å². The number of urea groups is 1. The van der Waals surface area contributed by atoms with Crippen LogP contribution in [-0.4, -0.2) is 39.0 Å². The zero-order valence-corrected chi connectivity index (χ0v) is 15.5. The van der Waals surface area contributed by atoms with Crippen LogP contribution >= 0.6 is 11.6 Å². The fourth-order valence-electron chi connectivity index (χ4n) is 2.26. The molecule has 140 valence electrons. The van der Waals surface area contributed by atoms with Gasteiger partial charge in [-0.15, -0.1) is 0 Å². The van der Waals surface area contributed by atoms with Crippen LogP contribution in [0.1, 0.15) is 11.7 Å². The molecule has 0 heterocycles. The molecular weight excluding hydrogens is 360 g/mol. The van der Waals surface area contributed by atoms with Crippen molar-refractivity contribution in [3.8, 4) is 17.2 Å². The van der Waals surface area contributed by atoms with Gasteiger partial charge in [-0.05, 0) is 23.8 Å². The van der Waals surface area contributed by atoms with E-state index >= 15 is 0 Å². The predicted octanol–water partition coefficient (Wildman–Crippen LogP) is 3.22. The number of aliphatic hydroxyl groups is 1. The van der Waals surface area contributed by atoms with Gasteiger partial charge in [-0.1, -0.05) is 23.7 Å². The van der Waals surface area contributed by atoms with E-state index in [9.17, 15) is 9.90 Å². The van der Waals surface area contributed by atoms with Crippen molar-refractivity contribution in [3.05, 3.63) is 47.0 Å². The fourth-order valence-corrected chi connectivity index (χ4v) is 2.50. The number of nitrogens with one attached hydrogen (secondary N) is 2. The number of rotatable bonds is 7. The molecule has 2 amide bonds. The van der Waals surface area contributed by atoms with Gasteiger partial charge in [0.1, 0.15) is 17.2 Å². The van der Waals surface area contributed by atoms with Crippen molar-refractivity contribution in [2.75, 3.05) is 33.2 Å². The zero-order chi connectivity index (χ0) is 19.1. The Balaban J connectivity index is 1.97. The number of aliphatic hydroxyl groups excluding tert-OH is 1. The normalized spacial score (nSPS) is 11.4. The van der Waals surface area contributed by atoms with Gasteiger partial charge in [0.25, 0.3) is 0 Å². The molecule has 26 heavy (non-hydrogen) atoms. The number of hydrogen-bond acceptors (Lipinski definition) is 5. The maximum atomic E-state index is 12.1. The summed E-state index contributed by atoms with van der Waals surface area (Å²) >= 11 is 6.07. The van der Waals surface area contributed by atoms with Crippen LogP contribution in [0.25, 0.3) is 0 Å². The minimum absolute atomic E-state index is 0.0321. The summed E-state index contributed by atoms with van der Waals surface area (Å²) in [5, 5.41) is 15.7. The third-order valence-electron chi connectivity index (χ3n) is 3.68. The summed E-state index contributed by atoms with van der Waals surface area (Å²) in [5.74, 6) is 1.52. The number of methoxy groups -OCH3 is 3. The lowest BCUT2D eigenvalue weighted by molar-refractivity contribution is 0.175. The molecule has 1 atom stereocenters. The molecule has 0 aliphatic rings. The molecule has 0 saturated heterocycles. The minimum Gasteiger partial charge on any atom is -0.497 e. The highest BCUT2D eigenvalue weighted by atomic mass is 35.5. The third-order valence-corrected chi connectivity index (χ3v) is 3.97. The monoisotopic (exact) mass is 380 g/mol. The first-order valence-electron chi connectivity index (χ1n) is 7.76. The molecule has 0 bridgehead atoms. The van der Waals surface area contributed by atoms with Gasteiger partial charge in [0, 0.05) is 12.6 Å². The average molecular weight is 381 g/mol. The Labute approximate surface area is 156 Å². The van der Waals surface area contributed by atoms with Crippen molar-refractivity contribution in [1.29, 1.82) is 0 Å². The van der Waals surface area contributed by atoms with Crippen molar-refractivity contribution in [3.63, 3.8) is 0 Å². The predicted molar refractivity (Wildman–Crippen MR) is 99.5 cm³/mol. The molecule has 0 unspecified atom stereocenters. The molecule has 8 heteroatoms. The highest BCUT2D eigenvalue weighted by Gasteiger charge is 2.14. The van der Waals surface area contributed by atoms with Crippen molar-refractivity contribution in [1.82, 2.24) is 5.32 Å². The topological polar surface area (TPSA) is 89.1 Å². The lowest BCUT2D eigenvalue weighted by atomic mass is 10.1. The molecular formula is C18H21ClN2O5. The van der Waals surface area contributed by atoms with Gasteiger partial charge in [-0.25, -0.2) is 4.79 Å². The molecule has 0 saturated carbocycles. The van der Waals surface area contributed by atoms with Crippen LogP contribution in [0.5, 0.6) is 17.2 Å². The van der Waals surface area contributed by atoms with E-state index in [0.29, 0.717) is 33.5 Å². The molecule has 0 aliphatic carbocycles. The molecule has 3 N–H and O–H groups in total. The van der Waals surface area contributed by atoms with Crippen LogP contribution in [0.15, 0.2) is 36.4 Å².